The molecule has 1 aromatic heterocycles. The molecule has 3 aromatic rings. The highest BCUT2D eigenvalue weighted by atomic mass is 32.2. The lowest BCUT2D eigenvalue weighted by atomic mass is 9.89. The van der Waals surface area contributed by atoms with Crippen molar-refractivity contribution in [2.75, 3.05) is 27.2 Å². The average Bonchev–Trinajstić information content (AvgIpc) is 3.27. The topological polar surface area (TPSA) is 121 Å². The number of sulfonamides is 1. The summed E-state index contributed by atoms with van der Waals surface area (Å²) in [5.74, 6) is -0.170. The van der Waals surface area contributed by atoms with Crippen LogP contribution in [-0.2, 0) is 14.8 Å². The van der Waals surface area contributed by atoms with Crippen molar-refractivity contribution in [2.45, 2.75) is 30.3 Å². The number of carbonyl (C=O) groups excluding carboxylic acids is 2. The molecular weight excluding hydrogens is 537 g/mol. The highest BCUT2D eigenvalue weighted by Gasteiger charge is 2.48. The first-order valence-corrected chi connectivity index (χ1v) is 14.1. The zero-order valence-electron chi connectivity index (χ0n) is 22.2. The summed E-state index contributed by atoms with van der Waals surface area (Å²) in [6.07, 6.45) is 0.363. The summed E-state index contributed by atoms with van der Waals surface area (Å²) in [6, 6.07) is 16.1. The minimum absolute atomic E-state index is 0.0146. The van der Waals surface area contributed by atoms with E-state index in [4.69, 9.17) is 0 Å². The van der Waals surface area contributed by atoms with Gasteiger partial charge in [0.05, 0.1) is 5.69 Å². The number of amidine groups is 1. The number of piperidine rings is 1. The summed E-state index contributed by atoms with van der Waals surface area (Å²) in [5.41, 5.74) is 1.90. The molecule has 40 heavy (non-hydrogen) atoms. The lowest BCUT2D eigenvalue weighted by molar-refractivity contribution is -0.124. The number of rotatable bonds is 6. The van der Waals surface area contributed by atoms with E-state index < -0.39 is 15.6 Å². The molecule has 0 atom stereocenters. The van der Waals surface area contributed by atoms with Gasteiger partial charge in [-0.05, 0) is 61.7 Å². The van der Waals surface area contributed by atoms with Crippen molar-refractivity contribution in [3.05, 3.63) is 77.4 Å². The molecule has 1 fully saturated rings. The van der Waals surface area contributed by atoms with Crippen LogP contribution in [0.1, 0.15) is 34.3 Å². The third-order valence-corrected chi connectivity index (χ3v) is 9.01. The number of benzene rings is 2. The van der Waals surface area contributed by atoms with Crippen molar-refractivity contribution in [3.63, 3.8) is 0 Å². The minimum Gasteiger partial charge on any atom is -0.345 e. The van der Waals surface area contributed by atoms with Crippen LogP contribution in [0.2, 0.25) is 0 Å². The molecule has 2 aromatic carbocycles. The first-order chi connectivity index (χ1) is 19.0. The number of aliphatic imine (C=N–C) groups is 1. The van der Waals surface area contributed by atoms with E-state index in [1.807, 2.05) is 6.92 Å². The zero-order chi connectivity index (χ0) is 28.7. The number of aryl methyl sites for hydroxylation is 1. The maximum absolute atomic E-state index is 13.5. The maximum Gasteiger partial charge on any atom is 0.260 e. The molecule has 1 saturated heterocycles. The number of hydrogen-bond donors (Lipinski definition) is 1. The van der Waals surface area contributed by atoms with E-state index in [9.17, 15) is 22.5 Å². The fourth-order valence-corrected chi connectivity index (χ4v) is 6.36. The van der Waals surface area contributed by atoms with E-state index in [1.165, 1.54) is 27.4 Å². The fraction of sp³-hybridized carbons (Fsp3) is 0.286. The first-order valence-electron chi connectivity index (χ1n) is 12.6. The van der Waals surface area contributed by atoms with Crippen molar-refractivity contribution in [1.29, 1.82) is 0 Å². The van der Waals surface area contributed by atoms with Crippen LogP contribution in [0.3, 0.4) is 0 Å². The third-order valence-electron chi connectivity index (χ3n) is 7.21. The number of amides is 2. The van der Waals surface area contributed by atoms with E-state index >= 15 is 0 Å². The number of halogens is 1. The number of pyridine rings is 1. The van der Waals surface area contributed by atoms with Crippen molar-refractivity contribution in [2.24, 2.45) is 4.99 Å². The maximum atomic E-state index is 13.5. The van der Waals surface area contributed by atoms with Crippen LogP contribution in [0.4, 0.5) is 4.53 Å². The number of carbonyl (C=O) groups is 2. The van der Waals surface area contributed by atoms with Crippen LogP contribution >= 0.6 is 0 Å². The summed E-state index contributed by atoms with van der Waals surface area (Å²) in [6.45, 7) is 2.00. The predicted molar refractivity (Wildman–Crippen MR) is 146 cm³/mol. The fourth-order valence-electron chi connectivity index (χ4n) is 4.96. The van der Waals surface area contributed by atoms with Gasteiger partial charge in [-0.25, -0.2) is 13.4 Å². The molecule has 2 amide bonds. The summed E-state index contributed by atoms with van der Waals surface area (Å²) >= 11 is 0. The summed E-state index contributed by atoms with van der Waals surface area (Å²) in [5, 5.41) is 2.64. The largest absolute Gasteiger partial charge is 0.345 e. The smallest absolute Gasteiger partial charge is 0.260 e. The predicted octanol–water partition coefficient (Wildman–Crippen LogP) is 3.12. The van der Waals surface area contributed by atoms with Gasteiger partial charge >= 0.3 is 0 Å². The Hall–Kier alpha value is -4.16. The number of nitrogens with one attached hydrogen (secondary N) is 1. The van der Waals surface area contributed by atoms with Crippen molar-refractivity contribution in [1.82, 2.24) is 19.5 Å². The Kier molecular flexibility index (Phi) is 7.15. The lowest BCUT2D eigenvalue weighted by Gasteiger charge is -2.34. The molecule has 5 rings (SSSR count). The molecule has 2 aliphatic heterocycles. The Morgan fingerprint density at radius 2 is 1.80 bits per heavy atom. The second-order valence-electron chi connectivity index (χ2n) is 10.0. The van der Waals surface area contributed by atoms with Gasteiger partial charge in [0.2, 0.25) is 0 Å². The van der Waals surface area contributed by atoms with E-state index in [2.05, 4.69) is 20.2 Å². The monoisotopic (exact) mass is 565 g/mol. The van der Waals surface area contributed by atoms with E-state index in [-0.39, 0.29) is 48.5 Å². The SMILES string of the molecule is Cc1cc(C(=O)N(C)C)ccc1-c1cccc(S(=O)(=O)N2CCC3(CC2)N=C(c2cccc(OF)c2)NC3=O)n1. The Morgan fingerprint density at radius 3 is 2.48 bits per heavy atom. The second kappa shape index (κ2) is 10.4. The highest BCUT2D eigenvalue weighted by Crippen LogP contribution is 2.34. The van der Waals surface area contributed by atoms with Gasteiger partial charge in [0, 0.05) is 48.4 Å². The normalized spacial score (nSPS) is 16.9. The van der Waals surface area contributed by atoms with E-state index in [0.29, 0.717) is 22.7 Å². The summed E-state index contributed by atoms with van der Waals surface area (Å²) in [7, 11) is -0.599. The Bertz CT molecular complexity index is 1630. The van der Waals surface area contributed by atoms with Gasteiger partial charge in [0.25, 0.3) is 21.8 Å². The van der Waals surface area contributed by atoms with E-state index in [1.54, 1.807) is 56.6 Å². The van der Waals surface area contributed by atoms with Gasteiger partial charge in [-0.3, -0.25) is 19.5 Å². The molecule has 12 heteroatoms. The molecule has 0 aliphatic carbocycles. The number of aromatic nitrogens is 1. The average molecular weight is 566 g/mol. The van der Waals surface area contributed by atoms with Gasteiger partial charge in [0.15, 0.2) is 10.8 Å². The Balaban J connectivity index is 1.35. The lowest BCUT2D eigenvalue weighted by Crippen LogP contribution is -2.50. The van der Waals surface area contributed by atoms with Crippen LogP contribution in [0.25, 0.3) is 11.3 Å². The van der Waals surface area contributed by atoms with Crippen LogP contribution in [0.5, 0.6) is 5.75 Å². The van der Waals surface area contributed by atoms with Gasteiger partial charge in [-0.1, -0.05) is 24.3 Å². The van der Waals surface area contributed by atoms with Crippen LogP contribution < -0.4 is 10.3 Å². The zero-order valence-corrected chi connectivity index (χ0v) is 23.0. The molecule has 3 heterocycles. The number of hydrogen-bond acceptors (Lipinski definition) is 7. The van der Waals surface area contributed by atoms with Crippen LogP contribution in [0.15, 0.2) is 70.7 Å². The molecule has 1 N–H and O–H groups in total. The van der Waals surface area contributed by atoms with Crippen molar-refractivity contribution in [3.8, 4) is 17.0 Å². The van der Waals surface area contributed by atoms with Crippen LogP contribution in [-0.4, -0.2) is 73.0 Å². The molecule has 10 nitrogen and oxygen atoms in total. The molecule has 0 bridgehead atoms. The molecule has 0 unspecified atom stereocenters. The van der Waals surface area contributed by atoms with Crippen molar-refractivity contribution < 1.29 is 27.5 Å². The molecular formula is C28H28FN5O5S. The standard InChI is InChI=1S/C28H28FN5O5S/c1-18-16-20(26(35)33(2)3)10-11-22(18)23-8-5-9-24(30-23)40(37,38)34-14-12-28(13-15-34)27(36)31-25(32-28)19-6-4-7-21(17-19)39-29/h4-11,16-17H,12-15H2,1-3H3,(H,31,32,36). The quantitative estimate of drug-likeness (QED) is 0.490. The molecule has 208 valence electrons. The van der Waals surface area contributed by atoms with E-state index in [0.717, 1.165) is 11.1 Å². The first kappa shape index (κ1) is 27.4. The molecule has 0 radical (unpaired) electrons. The summed E-state index contributed by atoms with van der Waals surface area (Å²) < 4.78 is 41.0. The summed E-state index contributed by atoms with van der Waals surface area (Å²) in [4.78, 5) is 39.6. The number of nitrogens with zero attached hydrogens (tertiary/aromatic N) is 4. The third kappa shape index (κ3) is 4.95. The van der Waals surface area contributed by atoms with Gasteiger partial charge < -0.3 is 10.2 Å². The minimum atomic E-state index is -3.95. The molecule has 2 aliphatic rings. The van der Waals surface area contributed by atoms with Gasteiger partial charge in [-0.2, -0.15) is 4.31 Å². The Labute approximate surface area is 231 Å². The second-order valence-corrected chi connectivity index (χ2v) is 11.9. The molecule has 0 saturated carbocycles. The van der Waals surface area contributed by atoms with Crippen LogP contribution in [0, 0.1) is 6.92 Å². The van der Waals surface area contributed by atoms with Gasteiger partial charge in [0.1, 0.15) is 11.4 Å². The van der Waals surface area contributed by atoms with Gasteiger partial charge in [-0.15, -0.1) is 0 Å². The molecule has 1 spiro atoms. The van der Waals surface area contributed by atoms with Crippen molar-refractivity contribution >= 4 is 27.7 Å². The Morgan fingerprint density at radius 1 is 1.07 bits per heavy atom. The highest BCUT2D eigenvalue weighted by molar-refractivity contribution is 7.89.